The molecule has 0 unspecified atom stereocenters. The summed E-state index contributed by atoms with van der Waals surface area (Å²) in [7, 11) is 1.60. The van der Waals surface area contributed by atoms with Gasteiger partial charge in [0.2, 0.25) is 0 Å². The summed E-state index contributed by atoms with van der Waals surface area (Å²) in [5.74, 6) is 0.714. The van der Waals surface area contributed by atoms with Gasteiger partial charge in [0.15, 0.2) is 5.16 Å². The number of H-pyrrole nitrogens is 1. The minimum absolute atomic E-state index is 0.0283. The molecule has 0 fully saturated rings. The predicted octanol–water partition coefficient (Wildman–Crippen LogP) is 1.89. The first kappa shape index (κ1) is 13.5. The van der Waals surface area contributed by atoms with E-state index in [0.29, 0.717) is 16.6 Å². The molecule has 7 heteroatoms. The van der Waals surface area contributed by atoms with Crippen molar-refractivity contribution < 1.29 is 4.74 Å². The molecule has 0 aliphatic carbocycles. The van der Waals surface area contributed by atoms with Gasteiger partial charge in [0.1, 0.15) is 5.75 Å². The Labute approximate surface area is 115 Å². The number of ether oxygens (including phenoxy) is 1. The zero-order chi connectivity index (χ0) is 14.0. The zero-order valence-electron chi connectivity index (χ0n) is 11.0. The molecule has 1 heterocycles. The molecule has 6 nitrogen and oxygen atoms in total. The number of nitrogen functional groups attached to an aromatic ring is 1. The number of rotatable bonds is 4. The fourth-order valence-corrected chi connectivity index (χ4v) is 2.69. The van der Waals surface area contributed by atoms with Crippen molar-refractivity contribution >= 4 is 17.4 Å². The Balaban J connectivity index is 2.39. The van der Waals surface area contributed by atoms with Crippen LogP contribution in [-0.4, -0.2) is 21.9 Å². The standard InChI is InChI=1S/C12H16N4O2S/c1-7(2)16-11(17)14-15-12(16)19-10-6-8(18-3)4-5-9(10)13/h4-7H,13H2,1-3H3,(H,14,17). The number of aromatic nitrogens is 3. The first-order valence-corrected chi connectivity index (χ1v) is 6.63. The third-order valence-electron chi connectivity index (χ3n) is 2.61. The Morgan fingerprint density at radius 1 is 1.47 bits per heavy atom. The van der Waals surface area contributed by atoms with Gasteiger partial charge in [0.05, 0.1) is 7.11 Å². The van der Waals surface area contributed by atoms with Gasteiger partial charge in [-0.2, -0.15) is 0 Å². The van der Waals surface area contributed by atoms with Gasteiger partial charge in [-0.25, -0.2) is 9.89 Å². The molecular weight excluding hydrogens is 264 g/mol. The lowest BCUT2D eigenvalue weighted by Crippen LogP contribution is -2.19. The van der Waals surface area contributed by atoms with Crippen molar-refractivity contribution in [2.24, 2.45) is 0 Å². The summed E-state index contributed by atoms with van der Waals surface area (Å²) in [6.45, 7) is 3.85. The summed E-state index contributed by atoms with van der Waals surface area (Å²) >= 11 is 1.34. The van der Waals surface area contributed by atoms with E-state index in [2.05, 4.69) is 10.2 Å². The normalized spacial score (nSPS) is 10.9. The van der Waals surface area contributed by atoms with Crippen LogP contribution in [0, 0.1) is 0 Å². The van der Waals surface area contributed by atoms with Gasteiger partial charge in [0, 0.05) is 16.6 Å². The summed E-state index contributed by atoms with van der Waals surface area (Å²) in [4.78, 5) is 12.5. The van der Waals surface area contributed by atoms with Crippen LogP contribution >= 0.6 is 11.8 Å². The highest BCUT2D eigenvalue weighted by Crippen LogP contribution is 2.33. The molecule has 0 spiro atoms. The van der Waals surface area contributed by atoms with E-state index in [-0.39, 0.29) is 11.7 Å². The highest BCUT2D eigenvalue weighted by atomic mass is 32.2. The van der Waals surface area contributed by atoms with Crippen LogP contribution in [0.3, 0.4) is 0 Å². The minimum Gasteiger partial charge on any atom is -0.497 e. The molecule has 102 valence electrons. The molecular formula is C12H16N4O2S. The Kier molecular flexibility index (Phi) is 3.84. The van der Waals surface area contributed by atoms with Crippen LogP contribution in [0.25, 0.3) is 0 Å². The van der Waals surface area contributed by atoms with Crippen molar-refractivity contribution in [3.05, 3.63) is 28.7 Å². The van der Waals surface area contributed by atoms with Gasteiger partial charge in [-0.3, -0.25) is 4.57 Å². The van der Waals surface area contributed by atoms with Crippen molar-refractivity contribution in [2.45, 2.75) is 29.9 Å². The largest absolute Gasteiger partial charge is 0.497 e. The Morgan fingerprint density at radius 2 is 2.21 bits per heavy atom. The van der Waals surface area contributed by atoms with Crippen LogP contribution in [-0.2, 0) is 0 Å². The summed E-state index contributed by atoms with van der Waals surface area (Å²) in [6.07, 6.45) is 0. The molecule has 1 aromatic heterocycles. The van der Waals surface area contributed by atoms with Crippen LogP contribution in [0.1, 0.15) is 19.9 Å². The van der Waals surface area contributed by atoms with Crippen LogP contribution in [0.4, 0.5) is 5.69 Å². The van der Waals surface area contributed by atoms with E-state index >= 15 is 0 Å². The average Bonchev–Trinajstić information content (AvgIpc) is 2.73. The van der Waals surface area contributed by atoms with Crippen molar-refractivity contribution in [1.29, 1.82) is 0 Å². The smallest absolute Gasteiger partial charge is 0.344 e. The van der Waals surface area contributed by atoms with Gasteiger partial charge in [0.25, 0.3) is 0 Å². The molecule has 0 saturated heterocycles. The SMILES string of the molecule is COc1ccc(N)c(Sc2n[nH]c(=O)n2C(C)C)c1. The van der Waals surface area contributed by atoms with E-state index in [4.69, 9.17) is 10.5 Å². The maximum absolute atomic E-state index is 11.7. The van der Waals surface area contributed by atoms with Crippen LogP contribution in [0.15, 0.2) is 33.0 Å². The number of nitrogens with one attached hydrogen (secondary N) is 1. The van der Waals surface area contributed by atoms with Gasteiger partial charge < -0.3 is 10.5 Å². The molecule has 3 N–H and O–H groups in total. The van der Waals surface area contributed by atoms with E-state index in [1.807, 2.05) is 19.9 Å². The molecule has 0 bridgehead atoms. The quantitative estimate of drug-likeness (QED) is 0.835. The zero-order valence-corrected chi connectivity index (χ0v) is 11.8. The van der Waals surface area contributed by atoms with Crippen LogP contribution < -0.4 is 16.2 Å². The maximum atomic E-state index is 11.7. The summed E-state index contributed by atoms with van der Waals surface area (Å²) in [6, 6.07) is 5.41. The maximum Gasteiger partial charge on any atom is 0.344 e. The first-order valence-electron chi connectivity index (χ1n) is 5.81. The number of benzene rings is 1. The number of hydrogen-bond donors (Lipinski definition) is 2. The van der Waals surface area contributed by atoms with Gasteiger partial charge in [-0.05, 0) is 43.8 Å². The molecule has 0 amide bonds. The fourth-order valence-electron chi connectivity index (χ4n) is 1.65. The Morgan fingerprint density at radius 3 is 2.84 bits per heavy atom. The molecule has 1 aromatic carbocycles. The third-order valence-corrected chi connectivity index (χ3v) is 3.65. The summed E-state index contributed by atoms with van der Waals surface area (Å²) in [5.41, 5.74) is 6.32. The highest BCUT2D eigenvalue weighted by molar-refractivity contribution is 7.99. The number of anilines is 1. The molecule has 0 saturated carbocycles. The lowest BCUT2D eigenvalue weighted by molar-refractivity contribution is 0.414. The van der Waals surface area contributed by atoms with E-state index < -0.39 is 0 Å². The van der Waals surface area contributed by atoms with E-state index in [1.165, 1.54) is 11.8 Å². The fraction of sp³-hybridized carbons (Fsp3) is 0.333. The molecule has 2 aromatic rings. The topological polar surface area (TPSA) is 85.9 Å². The number of hydrogen-bond acceptors (Lipinski definition) is 5. The van der Waals surface area contributed by atoms with Crippen molar-refractivity contribution in [3.8, 4) is 5.75 Å². The van der Waals surface area contributed by atoms with Gasteiger partial charge in [-0.1, -0.05) is 0 Å². The number of nitrogens with two attached hydrogens (primary N) is 1. The van der Waals surface area contributed by atoms with E-state index in [9.17, 15) is 4.79 Å². The summed E-state index contributed by atoms with van der Waals surface area (Å²) < 4.78 is 6.75. The van der Waals surface area contributed by atoms with E-state index in [1.54, 1.807) is 23.8 Å². The van der Waals surface area contributed by atoms with Crippen molar-refractivity contribution in [2.75, 3.05) is 12.8 Å². The third kappa shape index (κ3) is 2.76. The summed E-state index contributed by atoms with van der Waals surface area (Å²) in [5, 5.41) is 7.06. The van der Waals surface area contributed by atoms with Gasteiger partial charge >= 0.3 is 5.69 Å². The average molecular weight is 280 g/mol. The van der Waals surface area contributed by atoms with Crippen LogP contribution in [0.2, 0.25) is 0 Å². The molecule has 0 radical (unpaired) electrons. The molecule has 2 rings (SSSR count). The monoisotopic (exact) mass is 280 g/mol. The Bertz CT molecular complexity index is 633. The lowest BCUT2D eigenvalue weighted by Gasteiger charge is -2.10. The molecule has 0 aliphatic rings. The molecule has 19 heavy (non-hydrogen) atoms. The minimum atomic E-state index is -0.223. The molecule has 0 atom stereocenters. The molecule has 0 aliphatic heterocycles. The van der Waals surface area contributed by atoms with Crippen molar-refractivity contribution in [1.82, 2.24) is 14.8 Å². The van der Waals surface area contributed by atoms with Gasteiger partial charge in [-0.15, -0.1) is 5.10 Å². The van der Waals surface area contributed by atoms with E-state index in [0.717, 1.165) is 4.90 Å². The Hall–Kier alpha value is -1.89. The second-order valence-electron chi connectivity index (χ2n) is 4.28. The van der Waals surface area contributed by atoms with Crippen molar-refractivity contribution in [3.63, 3.8) is 0 Å². The predicted molar refractivity (Wildman–Crippen MR) is 74.8 cm³/mol. The first-order chi connectivity index (χ1) is 9.02. The van der Waals surface area contributed by atoms with Crippen LogP contribution in [0.5, 0.6) is 5.75 Å². The number of nitrogens with zero attached hydrogens (tertiary/aromatic N) is 2. The lowest BCUT2D eigenvalue weighted by atomic mass is 10.3. The highest BCUT2D eigenvalue weighted by Gasteiger charge is 2.14. The number of methoxy groups -OCH3 is 1. The number of aromatic amines is 1. The second-order valence-corrected chi connectivity index (χ2v) is 5.29. The second kappa shape index (κ2) is 5.40.